The Morgan fingerprint density at radius 1 is 0.725 bits per heavy atom. The summed E-state index contributed by atoms with van der Waals surface area (Å²) in [6.45, 7) is 2.11. The van der Waals surface area contributed by atoms with Gasteiger partial charge in [0.2, 0.25) is 0 Å². The van der Waals surface area contributed by atoms with Gasteiger partial charge in [0, 0.05) is 11.1 Å². The molecule has 0 N–H and O–H groups in total. The maximum atomic E-state index is 15.3. The van der Waals surface area contributed by atoms with Crippen molar-refractivity contribution in [3.8, 4) is 22.3 Å². The van der Waals surface area contributed by atoms with Crippen molar-refractivity contribution in [1.82, 2.24) is 0 Å². The predicted octanol–water partition coefficient (Wildman–Crippen LogP) is 10.5. The van der Waals surface area contributed by atoms with Crippen molar-refractivity contribution < 1.29 is 13.2 Å². The van der Waals surface area contributed by atoms with Gasteiger partial charge in [-0.1, -0.05) is 79.8 Å². The van der Waals surface area contributed by atoms with Crippen LogP contribution in [-0.4, -0.2) is 7.85 Å². The number of rotatable bonds is 8. The maximum absolute atomic E-state index is 15.3. The number of allylic oxidation sites excluding steroid dienone is 2. The second-order valence-corrected chi connectivity index (χ2v) is 12.0. The Morgan fingerprint density at radius 3 is 1.93 bits per heavy atom. The Morgan fingerprint density at radius 2 is 1.32 bits per heavy atom. The van der Waals surface area contributed by atoms with E-state index in [2.05, 4.69) is 25.1 Å². The largest absolute Gasteiger partial charge is 0.206 e. The third-order valence-corrected chi connectivity index (χ3v) is 9.66. The topological polar surface area (TPSA) is 0 Å². The Labute approximate surface area is 239 Å². The molecule has 0 bridgehead atoms. The van der Waals surface area contributed by atoms with E-state index >= 15 is 4.39 Å². The second-order valence-electron chi connectivity index (χ2n) is 12.0. The molecule has 2 aliphatic carbocycles. The van der Waals surface area contributed by atoms with Gasteiger partial charge in [-0.15, -0.1) is 0 Å². The highest BCUT2D eigenvalue weighted by Crippen LogP contribution is 2.45. The van der Waals surface area contributed by atoms with Crippen molar-refractivity contribution in [2.24, 2.45) is 17.8 Å². The first-order chi connectivity index (χ1) is 19.5. The van der Waals surface area contributed by atoms with E-state index in [0.717, 1.165) is 41.7 Å². The number of hydrogen-bond acceptors (Lipinski definition) is 0. The molecule has 0 heterocycles. The van der Waals surface area contributed by atoms with Crippen LogP contribution >= 0.6 is 0 Å². The van der Waals surface area contributed by atoms with Gasteiger partial charge in [0.05, 0.1) is 7.85 Å². The van der Waals surface area contributed by atoms with E-state index in [1.165, 1.54) is 63.5 Å². The van der Waals surface area contributed by atoms with Gasteiger partial charge in [0.15, 0.2) is 11.6 Å². The third kappa shape index (κ3) is 6.42. The van der Waals surface area contributed by atoms with E-state index in [4.69, 9.17) is 7.85 Å². The zero-order valence-corrected chi connectivity index (χ0v) is 23.6. The van der Waals surface area contributed by atoms with Crippen molar-refractivity contribution in [3.05, 3.63) is 95.3 Å². The predicted molar refractivity (Wildman–Crippen MR) is 161 cm³/mol. The van der Waals surface area contributed by atoms with Crippen LogP contribution in [0.5, 0.6) is 0 Å². The van der Waals surface area contributed by atoms with Crippen LogP contribution in [0.2, 0.25) is 0 Å². The van der Waals surface area contributed by atoms with Gasteiger partial charge in [-0.05, 0) is 110 Å². The summed E-state index contributed by atoms with van der Waals surface area (Å²) in [4.78, 5) is 0. The molecule has 0 amide bonds. The van der Waals surface area contributed by atoms with Gasteiger partial charge in [-0.3, -0.25) is 0 Å². The first-order valence-electron chi connectivity index (χ1n) is 15.2. The number of benzene rings is 3. The summed E-state index contributed by atoms with van der Waals surface area (Å²) in [5, 5.41) is 0. The summed E-state index contributed by atoms with van der Waals surface area (Å²) in [5.74, 6) is 0.997. The Bertz CT molecular complexity index is 1300. The standard InChI is InChI=1S/C36H40BF3/c1-2-3-4-5-24-6-8-25(9-7-24)26-10-12-27(13-11-26)30-18-20-32(34(38)22-30)28-14-16-29(17-15-28)33-21-19-31(23-37)35(39)36(33)40/h2-3,14-22,24-27H,4-13,23H2,1H3/b3-2+. The van der Waals surface area contributed by atoms with E-state index in [0.29, 0.717) is 17.0 Å². The van der Waals surface area contributed by atoms with E-state index in [1.807, 2.05) is 6.07 Å². The monoisotopic (exact) mass is 540 g/mol. The minimum atomic E-state index is -0.914. The van der Waals surface area contributed by atoms with Gasteiger partial charge in [-0.2, -0.15) is 0 Å². The molecule has 0 aliphatic heterocycles. The summed E-state index contributed by atoms with van der Waals surface area (Å²) in [6, 6.07) is 15.7. The molecule has 0 unspecified atom stereocenters. The van der Waals surface area contributed by atoms with Crippen LogP contribution in [0.15, 0.2) is 66.7 Å². The van der Waals surface area contributed by atoms with Gasteiger partial charge in [0.1, 0.15) is 5.82 Å². The smallest absolute Gasteiger partial charge is 0.166 e. The van der Waals surface area contributed by atoms with Crippen molar-refractivity contribution in [3.63, 3.8) is 0 Å². The average Bonchev–Trinajstić information content (AvgIpc) is 2.99. The summed E-state index contributed by atoms with van der Waals surface area (Å²) in [7, 11) is 5.48. The molecule has 0 aromatic heterocycles. The van der Waals surface area contributed by atoms with Gasteiger partial charge >= 0.3 is 0 Å². The fourth-order valence-electron chi connectivity index (χ4n) is 7.19. The Balaban J connectivity index is 1.18. The summed E-state index contributed by atoms with van der Waals surface area (Å²) in [6.07, 6.45) is 17.3. The molecule has 40 heavy (non-hydrogen) atoms. The second kappa shape index (κ2) is 13.3. The van der Waals surface area contributed by atoms with E-state index in [1.54, 1.807) is 30.3 Å². The fourth-order valence-corrected chi connectivity index (χ4v) is 7.19. The van der Waals surface area contributed by atoms with Crippen LogP contribution in [-0.2, 0) is 6.32 Å². The molecular weight excluding hydrogens is 500 g/mol. The molecule has 0 spiro atoms. The van der Waals surface area contributed by atoms with Gasteiger partial charge in [0.25, 0.3) is 0 Å². The van der Waals surface area contributed by atoms with Gasteiger partial charge < -0.3 is 0 Å². The highest BCUT2D eigenvalue weighted by Gasteiger charge is 2.31. The molecule has 0 saturated heterocycles. The summed E-state index contributed by atoms with van der Waals surface area (Å²) < 4.78 is 44.1. The van der Waals surface area contributed by atoms with Crippen molar-refractivity contribution in [1.29, 1.82) is 0 Å². The minimum absolute atomic E-state index is 0.0584. The first kappa shape index (κ1) is 28.8. The molecule has 2 aliphatic rings. The SMILES string of the molecule is [B]Cc1ccc(-c2ccc(-c3ccc(C4CCC(C5CCC(CC/C=C/C)CC5)CC4)cc3F)cc2)c(F)c1F. The number of halogens is 3. The van der Waals surface area contributed by atoms with Crippen molar-refractivity contribution >= 4 is 7.85 Å². The zero-order chi connectivity index (χ0) is 28.1. The lowest BCUT2D eigenvalue weighted by molar-refractivity contribution is 0.157. The van der Waals surface area contributed by atoms with Crippen LogP contribution in [0.3, 0.4) is 0 Å². The maximum Gasteiger partial charge on any atom is 0.166 e. The molecule has 0 nitrogen and oxygen atoms in total. The lowest BCUT2D eigenvalue weighted by atomic mass is 9.68. The van der Waals surface area contributed by atoms with E-state index < -0.39 is 11.6 Å². The molecule has 208 valence electrons. The van der Waals surface area contributed by atoms with Crippen LogP contribution in [0.1, 0.15) is 88.2 Å². The fraction of sp³-hybridized carbons (Fsp3) is 0.444. The molecule has 2 saturated carbocycles. The van der Waals surface area contributed by atoms with Crippen molar-refractivity contribution in [2.45, 2.75) is 83.4 Å². The third-order valence-electron chi connectivity index (χ3n) is 9.66. The van der Waals surface area contributed by atoms with Crippen LogP contribution in [0, 0.1) is 35.2 Å². The van der Waals surface area contributed by atoms with E-state index in [9.17, 15) is 8.78 Å². The lowest BCUT2D eigenvalue weighted by Crippen LogP contribution is -2.25. The van der Waals surface area contributed by atoms with Crippen LogP contribution < -0.4 is 0 Å². The zero-order valence-electron chi connectivity index (χ0n) is 23.6. The Kier molecular flexibility index (Phi) is 9.55. The van der Waals surface area contributed by atoms with Crippen molar-refractivity contribution in [2.75, 3.05) is 0 Å². The van der Waals surface area contributed by atoms with E-state index in [-0.39, 0.29) is 23.3 Å². The molecule has 4 heteroatoms. The molecule has 3 aromatic carbocycles. The number of hydrogen-bond donors (Lipinski definition) is 0. The summed E-state index contributed by atoms with van der Waals surface area (Å²) >= 11 is 0. The average molecular weight is 541 g/mol. The van der Waals surface area contributed by atoms with Crippen LogP contribution in [0.25, 0.3) is 22.3 Å². The Hall–Kier alpha value is -2.75. The normalized spacial score (nSPS) is 23.5. The molecule has 5 rings (SSSR count). The molecule has 0 atom stereocenters. The highest BCUT2D eigenvalue weighted by atomic mass is 19.2. The quantitative estimate of drug-likeness (QED) is 0.197. The van der Waals surface area contributed by atoms with Gasteiger partial charge in [-0.25, -0.2) is 13.2 Å². The minimum Gasteiger partial charge on any atom is -0.206 e. The van der Waals surface area contributed by atoms with Crippen LogP contribution in [0.4, 0.5) is 13.2 Å². The molecular formula is C36H40BF3. The first-order valence-corrected chi connectivity index (χ1v) is 15.2. The highest BCUT2D eigenvalue weighted by molar-refractivity contribution is 6.08. The lowest BCUT2D eigenvalue weighted by Gasteiger charge is -2.38. The molecule has 3 aromatic rings. The summed E-state index contributed by atoms with van der Waals surface area (Å²) in [5.41, 5.74) is 3.20. The molecule has 2 radical (unpaired) electrons. The molecule has 2 fully saturated rings.